The fraction of sp³-hybridized carbons (Fsp3) is 0.619. The number of hydrogen-bond acceptors (Lipinski definition) is 5. The third-order valence-corrected chi connectivity index (χ3v) is 5.45. The number of morpholine rings is 1. The van der Waals surface area contributed by atoms with E-state index in [4.69, 9.17) is 4.74 Å². The lowest BCUT2D eigenvalue weighted by molar-refractivity contribution is -0.148. The van der Waals surface area contributed by atoms with Crippen molar-refractivity contribution >= 4 is 11.9 Å². The van der Waals surface area contributed by atoms with Crippen molar-refractivity contribution in [1.29, 1.82) is 0 Å². The topological polar surface area (TPSA) is 59.1 Å². The molecule has 2 saturated heterocycles. The van der Waals surface area contributed by atoms with Crippen LogP contribution in [-0.4, -0.2) is 67.7 Å². The van der Waals surface area contributed by atoms with Crippen LogP contribution in [0.3, 0.4) is 0 Å². The van der Waals surface area contributed by atoms with E-state index in [0.29, 0.717) is 26.0 Å². The SMILES string of the molecule is COC(=O)CCCC(=O)N1CCO[C@@H](CN2CCCC2)[C@@H]1c1ccccc1. The minimum absolute atomic E-state index is 0.0243. The Bertz CT molecular complexity index is 616. The maximum absolute atomic E-state index is 12.9. The van der Waals surface area contributed by atoms with E-state index in [-0.39, 0.29) is 30.4 Å². The van der Waals surface area contributed by atoms with Gasteiger partial charge in [0, 0.05) is 25.9 Å². The Kier molecular flexibility index (Phi) is 7.24. The van der Waals surface area contributed by atoms with Crippen molar-refractivity contribution in [2.45, 2.75) is 44.2 Å². The van der Waals surface area contributed by atoms with Crippen molar-refractivity contribution in [3.8, 4) is 0 Å². The molecule has 0 N–H and O–H groups in total. The molecule has 0 aliphatic carbocycles. The van der Waals surface area contributed by atoms with Crippen LogP contribution in [0.1, 0.15) is 43.7 Å². The molecule has 2 heterocycles. The van der Waals surface area contributed by atoms with Crippen LogP contribution < -0.4 is 0 Å². The molecule has 0 aromatic heterocycles. The van der Waals surface area contributed by atoms with E-state index in [1.165, 1.54) is 20.0 Å². The van der Waals surface area contributed by atoms with E-state index in [9.17, 15) is 9.59 Å². The molecular weight excluding hydrogens is 344 g/mol. The van der Waals surface area contributed by atoms with E-state index in [1.807, 2.05) is 23.1 Å². The lowest BCUT2D eigenvalue weighted by Crippen LogP contribution is -2.51. The minimum Gasteiger partial charge on any atom is -0.469 e. The largest absolute Gasteiger partial charge is 0.469 e. The van der Waals surface area contributed by atoms with Gasteiger partial charge in [-0.3, -0.25) is 9.59 Å². The molecule has 0 spiro atoms. The maximum Gasteiger partial charge on any atom is 0.305 e. The number of rotatable bonds is 7. The Morgan fingerprint density at radius 2 is 1.85 bits per heavy atom. The molecule has 0 saturated carbocycles. The summed E-state index contributed by atoms with van der Waals surface area (Å²) in [6, 6.07) is 10.1. The molecular formula is C21H30N2O4. The van der Waals surface area contributed by atoms with Crippen LogP contribution in [0.25, 0.3) is 0 Å². The van der Waals surface area contributed by atoms with E-state index < -0.39 is 0 Å². The van der Waals surface area contributed by atoms with Crippen molar-refractivity contribution < 1.29 is 19.1 Å². The number of carbonyl (C=O) groups is 2. The second kappa shape index (κ2) is 9.85. The zero-order valence-corrected chi connectivity index (χ0v) is 16.1. The van der Waals surface area contributed by atoms with Gasteiger partial charge in [-0.25, -0.2) is 0 Å². The van der Waals surface area contributed by atoms with Crippen LogP contribution in [-0.2, 0) is 19.1 Å². The van der Waals surface area contributed by atoms with Crippen LogP contribution in [0.4, 0.5) is 0 Å². The van der Waals surface area contributed by atoms with Gasteiger partial charge in [0.15, 0.2) is 0 Å². The number of hydrogen-bond donors (Lipinski definition) is 0. The summed E-state index contributed by atoms with van der Waals surface area (Å²) >= 11 is 0. The lowest BCUT2D eigenvalue weighted by Gasteiger charge is -2.43. The molecule has 6 nitrogen and oxygen atoms in total. The zero-order chi connectivity index (χ0) is 19.1. The molecule has 148 valence electrons. The van der Waals surface area contributed by atoms with Crippen molar-refractivity contribution in [2.75, 3.05) is 39.9 Å². The number of methoxy groups -OCH3 is 1. The highest BCUT2D eigenvalue weighted by molar-refractivity contribution is 5.78. The summed E-state index contributed by atoms with van der Waals surface area (Å²) in [6.07, 6.45) is 3.59. The summed E-state index contributed by atoms with van der Waals surface area (Å²) in [7, 11) is 1.38. The third kappa shape index (κ3) is 5.30. The van der Waals surface area contributed by atoms with Gasteiger partial charge in [-0.1, -0.05) is 30.3 Å². The maximum atomic E-state index is 12.9. The fourth-order valence-corrected chi connectivity index (χ4v) is 4.06. The number of likely N-dealkylation sites (tertiary alicyclic amines) is 1. The van der Waals surface area contributed by atoms with Crippen molar-refractivity contribution in [3.05, 3.63) is 35.9 Å². The van der Waals surface area contributed by atoms with Gasteiger partial charge in [0.25, 0.3) is 0 Å². The predicted octanol–water partition coefficient (Wildman–Crippen LogP) is 2.39. The normalized spacial score (nSPS) is 23.4. The first-order valence-electron chi connectivity index (χ1n) is 9.94. The summed E-state index contributed by atoms with van der Waals surface area (Å²) in [5.41, 5.74) is 1.11. The predicted molar refractivity (Wildman–Crippen MR) is 102 cm³/mol. The molecule has 27 heavy (non-hydrogen) atoms. The molecule has 1 aromatic rings. The number of nitrogens with zero attached hydrogens (tertiary/aromatic N) is 2. The van der Waals surface area contributed by atoms with Gasteiger partial charge in [-0.15, -0.1) is 0 Å². The number of esters is 1. The highest BCUT2D eigenvalue weighted by Gasteiger charge is 2.37. The average Bonchev–Trinajstić information content (AvgIpc) is 3.21. The number of carbonyl (C=O) groups excluding carboxylic acids is 2. The summed E-state index contributed by atoms with van der Waals surface area (Å²) in [4.78, 5) is 28.7. The van der Waals surface area contributed by atoms with Crippen LogP contribution in [0.5, 0.6) is 0 Å². The van der Waals surface area contributed by atoms with Gasteiger partial charge in [-0.05, 0) is 37.9 Å². The minimum atomic E-state index is -0.267. The second-order valence-electron chi connectivity index (χ2n) is 7.29. The molecule has 1 amide bonds. The Morgan fingerprint density at radius 3 is 2.56 bits per heavy atom. The van der Waals surface area contributed by atoms with Gasteiger partial charge in [0.1, 0.15) is 0 Å². The number of ether oxygens (including phenoxy) is 2. The zero-order valence-electron chi connectivity index (χ0n) is 16.1. The van der Waals surface area contributed by atoms with Gasteiger partial charge >= 0.3 is 5.97 Å². The van der Waals surface area contributed by atoms with Crippen LogP contribution in [0.15, 0.2) is 30.3 Å². The molecule has 3 rings (SSSR count). The van der Waals surface area contributed by atoms with E-state index in [2.05, 4.69) is 21.8 Å². The average molecular weight is 374 g/mol. The van der Waals surface area contributed by atoms with Crippen molar-refractivity contribution in [3.63, 3.8) is 0 Å². The molecule has 2 fully saturated rings. The van der Waals surface area contributed by atoms with E-state index in [1.54, 1.807) is 0 Å². The van der Waals surface area contributed by atoms with Gasteiger partial charge in [0.05, 0.1) is 25.9 Å². The quantitative estimate of drug-likeness (QED) is 0.686. The molecule has 0 unspecified atom stereocenters. The van der Waals surface area contributed by atoms with Crippen molar-refractivity contribution in [2.24, 2.45) is 0 Å². The third-order valence-electron chi connectivity index (χ3n) is 5.45. The monoisotopic (exact) mass is 374 g/mol. The van der Waals surface area contributed by atoms with Crippen molar-refractivity contribution in [1.82, 2.24) is 9.80 Å². The Morgan fingerprint density at radius 1 is 1.11 bits per heavy atom. The van der Waals surface area contributed by atoms with Gasteiger partial charge in [0.2, 0.25) is 5.91 Å². The Labute approximate surface area is 161 Å². The summed E-state index contributed by atoms with van der Waals surface area (Å²) < 4.78 is 10.8. The molecule has 6 heteroatoms. The fourth-order valence-electron chi connectivity index (χ4n) is 4.06. The molecule has 2 aliphatic rings. The van der Waals surface area contributed by atoms with Gasteiger partial charge < -0.3 is 19.3 Å². The smallest absolute Gasteiger partial charge is 0.305 e. The summed E-state index contributed by atoms with van der Waals surface area (Å²) in [6.45, 7) is 4.21. The van der Waals surface area contributed by atoms with Crippen LogP contribution >= 0.6 is 0 Å². The number of amides is 1. The molecule has 0 radical (unpaired) electrons. The first kappa shape index (κ1) is 19.8. The molecule has 0 bridgehead atoms. The molecule has 1 aromatic carbocycles. The second-order valence-corrected chi connectivity index (χ2v) is 7.29. The molecule has 2 aliphatic heterocycles. The summed E-state index contributed by atoms with van der Waals surface area (Å²) in [5, 5.41) is 0. The van der Waals surface area contributed by atoms with Crippen LogP contribution in [0.2, 0.25) is 0 Å². The summed E-state index contributed by atoms with van der Waals surface area (Å²) in [5.74, 6) is -0.182. The Hall–Kier alpha value is -1.92. The Balaban J connectivity index is 1.71. The van der Waals surface area contributed by atoms with E-state index >= 15 is 0 Å². The first-order valence-corrected chi connectivity index (χ1v) is 9.94. The van der Waals surface area contributed by atoms with E-state index in [0.717, 1.165) is 25.2 Å². The highest BCUT2D eigenvalue weighted by atomic mass is 16.5. The van der Waals surface area contributed by atoms with Crippen LogP contribution in [0, 0.1) is 0 Å². The highest BCUT2D eigenvalue weighted by Crippen LogP contribution is 2.31. The van der Waals surface area contributed by atoms with Gasteiger partial charge in [-0.2, -0.15) is 0 Å². The molecule has 2 atom stereocenters. The lowest BCUT2D eigenvalue weighted by atomic mass is 9.96. The standard InChI is InChI=1S/C21H30N2O4/c1-26-20(25)11-7-10-19(24)23-14-15-27-18(16-22-12-5-6-13-22)21(23)17-8-3-2-4-9-17/h2-4,8-9,18,21H,5-7,10-16H2,1H3/t18-,21-/m0/s1. The number of benzene rings is 1. The first-order chi connectivity index (χ1) is 13.2.